The summed E-state index contributed by atoms with van der Waals surface area (Å²) >= 11 is 0. The van der Waals surface area contributed by atoms with E-state index in [-0.39, 0.29) is 11.9 Å². The molecule has 2 aromatic rings. The summed E-state index contributed by atoms with van der Waals surface area (Å²) < 4.78 is 1.80. The second-order valence-electron chi connectivity index (χ2n) is 7.48. The van der Waals surface area contributed by atoms with Crippen LogP contribution in [-0.2, 0) is 13.0 Å². The molecule has 0 spiro atoms. The quantitative estimate of drug-likeness (QED) is 0.788. The molecule has 0 saturated carbocycles. The van der Waals surface area contributed by atoms with E-state index in [1.165, 1.54) is 11.1 Å². The molecule has 26 heavy (non-hydrogen) atoms. The second-order valence-corrected chi connectivity index (χ2v) is 7.48. The molecular weight excluding hydrogens is 324 g/mol. The average molecular weight is 357 g/mol. The first-order chi connectivity index (χ1) is 12.3. The number of amides is 1. The third kappa shape index (κ3) is 4.94. The highest BCUT2D eigenvalue weighted by molar-refractivity contribution is 5.92. The van der Waals surface area contributed by atoms with Crippen LogP contribution in [-0.4, -0.2) is 41.2 Å². The van der Waals surface area contributed by atoms with Gasteiger partial charge in [-0.05, 0) is 57.5 Å². The van der Waals surface area contributed by atoms with E-state index < -0.39 is 0 Å². The highest BCUT2D eigenvalue weighted by atomic mass is 16.2. The van der Waals surface area contributed by atoms with Crippen molar-refractivity contribution in [1.82, 2.24) is 20.0 Å². The number of aryl methyl sites for hydroxylation is 2. The number of rotatable bonds is 8. The second kappa shape index (κ2) is 8.99. The summed E-state index contributed by atoms with van der Waals surface area (Å²) in [6.07, 6.45) is 0.886. The average Bonchev–Trinajstić information content (AvgIpc) is 2.98. The Morgan fingerprint density at radius 3 is 2.54 bits per heavy atom. The zero-order chi connectivity index (χ0) is 19.3. The Morgan fingerprint density at radius 2 is 1.96 bits per heavy atom. The van der Waals surface area contributed by atoms with Gasteiger partial charge in [-0.15, -0.1) is 0 Å². The molecule has 0 aliphatic carbocycles. The standard InChI is InChI=1S/C21H32N4O/c1-7-25-19(13-17(23-25)12-15(2)3)21(26)22-14-20(24(5)6)18-11-9-8-10-16(18)4/h8-11,13,15,20H,7,12,14H2,1-6H3,(H,22,26)/t20-/m1/s1. The molecule has 0 fully saturated rings. The van der Waals surface area contributed by atoms with Gasteiger partial charge in [0.2, 0.25) is 0 Å². The maximum atomic E-state index is 12.8. The number of likely N-dealkylation sites (N-methyl/N-ethyl adjacent to an activating group) is 1. The van der Waals surface area contributed by atoms with E-state index in [0.29, 0.717) is 24.7 Å². The van der Waals surface area contributed by atoms with E-state index >= 15 is 0 Å². The predicted octanol–water partition coefficient (Wildman–Crippen LogP) is 3.44. The molecule has 5 nitrogen and oxygen atoms in total. The summed E-state index contributed by atoms with van der Waals surface area (Å²) in [6.45, 7) is 9.70. The third-order valence-corrected chi connectivity index (χ3v) is 4.61. The molecule has 0 radical (unpaired) electrons. The lowest BCUT2D eigenvalue weighted by Crippen LogP contribution is -2.35. The van der Waals surface area contributed by atoms with Crippen LogP contribution in [0.5, 0.6) is 0 Å². The first-order valence-electron chi connectivity index (χ1n) is 9.40. The van der Waals surface area contributed by atoms with E-state index in [9.17, 15) is 4.79 Å². The van der Waals surface area contributed by atoms with Gasteiger partial charge in [0.15, 0.2) is 0 Å². The predicted molar refractivity (Wildman–Crippen MR) is 106 cm³/mol. The van der Waals surface area contributed by atoms with Crippen molar-refractivity contribution in [1.29, 1.82) is 0 Å². The third-order valence-electron chi connectivity index (χ3n) is 4.61. The Morgan fingerprint density at radius 1 is 1.27 bits per heavy atom. The van der Waals surface area contributed by atoms with E-state index in [4.69, 9.17) is 0 Å². The zero-order valence-corrected chi connectivity index (χ0v) is 16.9. The van der Waals surface area contributed by atoms with Crippen molar-refractivity contribution in [2.45, 2.75) is 46.7 Å². The first-order valence-corrected chi connectivity index (χ1v) is 9.40. The van der Waals surface area contributed by atoms with Gasteiger partial charge in [0.1, 0.15) is 5.69 Å². The molecule has 2 rings (SSSR count). The van der Waals surface area contributed by atoms with Crippen molar-refractivity contribution in [2.75, 3.05) is 20.6 Å². The highest BCUT2D eigenvalue weighted by Crippen LogP contribution is 2.21. The normalized spacial score (nSPS) is 12.6. The molecule has 0 bridgehead atoms. The SMILES string of the molecule is CCn1nc(CC(C)C)cc1C(=O)NC[C@H](c1ccccc1C)N(C)C. The van der Waals surface area contributed by atoms with Crippen molar-refractivity contribution in [3.05, 3.63) is 52.8 Å². The number of carbonyl (C=O) groups is 1. The molecule has 5 heteroatoms. The fourth-order valence-electron chi connectivity index (χ4n) is 3.22. The number of nitrogens with zero attached hydrogens (tertiary/aromatic N) is 3. The molecule has 1 aromatic heterocycles. The largest absolute Gasteiger partial charge is 0.349 e. The number of hydrogen-bond donors (Lipinski definition) is 1. The fourth-order valence-corrected chi connectivity index (χ4v) is 3.22. The van der Waals surface area contributed by atoms with Crippen LogP contribution in [0.25, 0.3) is 0 Å². The van der Waals surface area contributed by atoms with Gasteiger partial charge in [-0.25, -0.2) is 0 Å². The van der Waals surface area contributed by atoms with Crippen LogP contribution in [0, 0.1) is 12.8 Å². The summed E-state index contributed by atoms with van der Waals surface area (Å²) in [5, 5.41) is 7.68. The molecule has 1 heterocycles. The Labute approximate surface area is 157 Å². The smallest absolute Gasteiger partial charge is 0.269 e. The van der Waals surface area contributed by atoms with Crippen LogP contribution in [0.2, 0.25) is 0 Å². The van der Waals surface area contributed by atoms with E-state index in [2.05, 4.69) is 48.2 Å². The number of benzene rings is 1. The van der Waals surface area contributed by atoms with Gasteiger partial charge in [-0.1, -0.05) is 38.1 Å². The molecule has 142 valence electrons. The van der Waals surface area contributed by atoms with E-state index in [1.54, 1.807) is 4.68 Å². The van der Waals surface area contributed by atoms with E-state index in [1.807, 2.05) is 39.2 Å². The first kappa shape index (κ1) is 20.2. The summed E-state index contributed by atoms with van der Waals surface area (Å²) in [5.74, 6) is 0.458. The molecular formula is C21H32N4O. The molecule has 1 atom stereocenters. The lowest BCUT2D eigenvalue weighted by molar-refractivity contribution is 0.0931. The highest BCUT2D eigenvalue weighted by Gasteiger charge is 2.20. The van der Waals surface area contributed by atoms with Crippen LogP contribution in [0.4, 0.5) is 0 Å². The summed E-state index contributed by atoms with van der Waals surface area (Å²) in [6, 6.07) is 10.4. The van der Waals surface area contributed by atoms with Crippen LogP contribution >= 0.6 is 0 Å². The van der Waals surface area contributed by atoms with Crippen LogP contribution in [0.1, 0.15) is 54.1 Å². The summed E-state index contributed by atoms with van der Waals surface area (Å²) in [4.78, 5) is 14.9. The van der Waals surface area contributed by atoms with Crippen molar-refractivity contribution in [3.8, 4) is 0 Å². The molecule has 0 aliphatic heterocycles. The lowest BCUT2D eigenvalue weighted by Gasteiger charge is -2.26. The Kier molecular flexibility index (Phi) is 6.98. The number of aromatic nitrogens is 2. The molecule has 1 aromatic carbocycles. The van der Waals surface area contributed by atoms with Gasteiger partial charge in [0.25, 0.3) is 5.91 Å². The van der Waals surface area contributed by atoms with Crippen molar-refractivity contribution < 1.29 is 4.79 Å². The Bertz CT molecular complexity index is 733. The molecule has 0 unspecified atom stereocenters. The summed E-state index contributed by atoms with van der Waals surface area (Å²) in [5.41, 5.74) is 4.10. The zero-order valence-electron chi connectivity index (χ0n) is 16.9. The van der Waals surface area contributed by atoms with Gasteiger partial charge >= 0.3 is 0 Å². The van der Waals surface area contributed by atoms with Gasteiger partial charge in [-0.3, -0.25) is 9.48 Å². The molecule has 0 saturated heterocycles. The molecule has 0 aliphatic rings. The monoisotopic (exact) mass is 356 g/mol. The Hall–Kier alpha value is -2.14. The van der Waals surface area contributed by atoms with Crippen LogP contribution in [0.3, 0.4) is 0 Å². The minimum Gasteiger partial charge on any atom is -0.349 e. The van der Waals surface area contributed by atoms with Gasteiger partial charge < -0.3 is 10.2 Å². The van der Waals surface area contributed by atoms with Gasteiger partial charge in [-0.2, -0.15) is 5.10 Å². The fraction of sp³-hybridized carbons (Fsp3) is 0.524. The van der Waals surface area contributed by atoms with Gasteiger partial charge in [0.05, 0.1) is 11.7 Å². The Balaban J connectivity index is 2.13. The number of hydrogen-bond acceptors (Lipinski definition) is 3. The molecule has 1 N–H and O–H groups in total. The van der Waals surface area contributed by atoms with E-state index in [0.717, 1.165) is 12.1 Å². The maximum Gasteiger partial charge on any atom is 0.269 e. The summed E-state index contributed by atoms with van der Waals surface area (Å²) in [7, 11) is 4.08. The van der Waals surface area contributed by atoms with Crippen LogP contribution < -0.4 is 5.32 Å². The van der Waals surface area contributed by atoms with Crippen molar-refractivity contribution in [3.63, 3.8) is 0 Å². The minimum atomic E-state index is -0.0604. The maximum absolute atomic E-state index is 12.8. The number of nitrogens with one attached hydrogen (secondary N) is 1. The van der Waals surface area contributed by atoms with Crippen molar-refractivity contribution in [2.24, 2.45) is 5.92 Å². The number of carbonyl (C=O) groups excluding carboxylic acids is 1. The molecule has 1 amide bonds. The van der Waals surface area contributed by atoms with Gasteiger partial charge in [0, 0.05) is 13.1 Å². The van der Waals surface area contributed by atoms with Crippen molar-refractivity contribution >= 4 is 5.91 Å². The lowest BCUT2D eigenvalue weighted by atomic mass is 10.0. The van der Waals surface area contributed by atoms with Crippen LogP contribution in [0.15, 0.2) is 30.3 Å². The topological polar surface area (TPSA) is 50.2 Å². The minimum absolute atomic E-state index is 0.0604.